The van der Waals surface area contributed by atoms with Crippen LogP contribution in [0.3, 0.4) is 0 Å². The van der Waals surface area contributed by atoms with E-state index in [9.17, 15) is 9.59 Å². The molecule has 0 atom stereocenters. The number of carbonyl (C=O) groups excluding carboxylic acids is 2. The number of hydrogen-bond donors (Lipinski definition) is 0. The average Bonchev–Trinajstić information content (AvgIpc) is 3.15. The van der Waals surface area contributed by atoms with E-state index in [0.29, 0.717) is 4.91 Å². The van der Waals surface area contributed by atoms with Gasteiger partial charge in [-0.1, -0.05) is 34.1 Å². The SMILES string of the molecule is Cc1cc(-n2c(C)cc(/C=C3\SC(=O)N(Cc4ccccc4Br)C3=O)c2C)ccc1I. The highest BCUT2D eigenvalue weighted by molar-refractivity contribution is 14.1. The number of benzene rings is 2. The van der Waals surface area contributed by atoms with Gasteiger partial charge in [0, 0.05) is 25.1 Å². The van der Waals surface area contributed by atoms with E-state index in [0.717, 1.165) is 44.4 Å². The van der Waals surface area contributed by atoms with Crippen molar-refractivity contribution in [1.29, 1.82) is 0 Å². The monoisotopic (exact) mass is 606 g/mol. The Labute approximate surface area is 208 Å². The molecule has 2 aromatic carbocycles. The van der Waals surface area contributed by atoms with Crippen LogP contribution in [-0.4, -0.2) is 20.6 Å². The van der Waals surface area contributed by atoms with Crippen molar-refractivity contribution in [3.05, 3.63) is 89.6 Å². The van der Waals surface area contributed by atoms with Crippen molar-refractivity contribution in [1.82, 2.24) is 9.47 Å². The van der Waals surface area contributed by atoms with Crippen molar-refractivity contribution >= 4 is 67.5 Å². The topological polar surface area (TPSA) is 42.3 Å². The van der Waals surface area contributed by atoms with Gasteiger partial charge < -0.3 is 4.57 Å². The lowest BCUT2D eigenvalue weighted by molar-refractivity contribution is -0.123. The standard InChI is InChI=1S/C24H20BrIN2O2S/c1-14-10-19(8-9-21(14)26)28-15(2)11-18(16(28)3)12-22-23(29)27(24(30)31-22)13-17-6-4-5-7-20(17)25/h4-12H,13H2,1-3H3/b22-12-. The second-order valence-corrected chi connectivity index (χ2v) is 10.5. The third-order valence-corrected chi connectivity index (χ3v) is 8.21. The number of carbonyl (C=O) groups is 2. The largest absolute Gasteiger partial charge is 0.318 e. The number of aryl methyl sites for hydroxylation is 2. The van der Waals surface area contributed by atoms with Crippen molar-refractivity contribution in [3.63, 3.8) is 0 Å². The van der Waals surface area contributed by atoms with Gasteiger partial charge in [-0.05, 0) is 108 Å². The van der Waals surface area contributed by atoms with Crippen LogP contribution in [0.2, 0.25) is 0 Å². The highest BCUT2D eigenvalue weighted by Crippen LogP contribution is 2.35. The van der Waals surface area contributed by atoms with Gasteiger partial charge in [-0.2, -0.15) is 0 Å². The minimum atomic E-state index is -0.249. The molecule has 1 saturated heterocycles. The van der Waals surface area contributed by atoms with E-state index in [4.69, 9.17) is 0 Å². The summed E-state index contributed by atoms with van der Waals surface area (Å²) in [6, 6.07) is 16.1. The molecule has 158 valence electrons. The molecule has 4 nitrogen and oxygen atoms in total. The summed E-state index contributed by atoms with van der Waals surface area (Å²) < 4.78 is 4.29. The molecule has 0 aliphatic carbocycles. The molecule has 1 aliphatic rings. The van der Waals surface area contributed by atoms with Crippen molar-refractivity contribution in [2.75, 3.05) is 0 Å². The van der Waals surface area contributed by atoms with E-state index in [1.165, 1.54) is 14.0 Å². The Kier molecular flexibility index (Phi) is 6.46. The van der Waals surface area contributed by atoms with Gasteiger partial charge in [0.25, 0.3) is 11.1 Å². The fourth-order valence-electron chi connectivity index (χ4n) is 3.67. The lowest BCUT2D eigenvalue weighted by Gasteiger charge is -2.13. The van der Waals surface area contributed by atoms with Crippen LogP contribution in [0.25, 0.3) is 11.8 Å². The molecule has 0 bridgehead atoms. The molecular formula is C24H20BrIN2O2S. The number of halogens is 2. The third-order valence-electron chi connectivity index (χ3n) is 5.32. The summed E-state index contributed by atoms with van der Waals surface area (Å²) in [5.74, 6) is -0.249. The predicted molar refractivity (Wildman–Crippen MR) is 138 cm³/mol. The molecule has 2 amide bonds. The fraction of sp³-hybridized carbons (Fsp3) is 0.167. The van der Waals surface area contributed by atoms with Gasteiger partial charge in [-0.15, -0.1) is 0 Å². The highest BCUT2D eigenvalue weighted by Gasteiger charge is 2.35. The molecule has 0 radical (unpaired) electrons. The number of amides is 2. The Morgan fingerprint density at radius 2 is 1.81 bits per heavy atom. The molecule has 0 saturated carbocycles. The first kappa shape index (κ1) is 22.4. The Morgan fingerprint density at radius 3 is 2.52 bits per heavy atom. The summed E-state index contributed by atoms with van der Waals surface area (Å²) >= 11 is 6.82. The van der Waals surface area contributed by atoms with Gasteiger partial charge in [0.1, 0.15) is 0 Å². The molecule has 1 fully saturated rings. The molecule has 2 heterocycles. The van der Waals surface area contributed by atoms with Crippen molar-refractivity contribution < 1.29 is 9.59 Å². The quantitative estimate of drug-likeness (QED) is 0.237. The Hall–Kier alpha value is -1.84. The second-order valence-electron chi connectivity index (χ2n) is 7.45. The summed E-state index contributed by atoms with van der Waals surface area (Å²) in [6.07, 6.45) is 1.84. The molecule has 4 rings (SSSR count). The van der Waals surface area contributed by atoms with Crippen molar-refractivity contribution in [2.45, 2.75) is 27.3 Å². The first-order chi connectivity index (χ1) is 14.8. The number of imide groups is 1. The zero-order chi connectivity index (χ0) is 22.3. The molecule has 0 N–H and O–H groups in total. The molecule has 7 heteroatoms. The maximum absolute atomic E-state index is 13.0. The van der Waals surface area contributed by atoms with Crippen LogP contribution in [-0.2, 0) is 11.3 Å². The molecule has 1 aromatic heterocycles. The van der Waals surface area contributed by atoms with Gasteiger partial charge in [0.2, 0.25) is 0 Å². The van der Waals surface area contributed by atoms with E-state index >= 15 is 0 Å². The summed E-state index contributed by atoms with van der Waals surface area (Å²) in [5.41, 5.74) is 6.28. The van der Waals surface area contributed by atoms with Crippen molar-refractivity contribution in [2.24, 2.45) is 0 Å². The summed E-state index contributed by atoms with van der Waals surface area (Å²) in [4.78, 5) is 27.3. The number of thioether (sulfide) groups is 1. The fourth-order valence-corrected chi connectivity index (χ4v) is 5.25. The van der Waals surface area contributed by atoms with Crippen LogP contribution in [0, 0.1) is 24.3 Å². The molecular weight excluding hydrogens is 587 g/mol. The van der Waals surface area contributed by atoms with E-state index < -0.39 is 0 Å². The molecule has 1 aliphatic heterocycles. The number of hydrogen-bond acceptors (Lipinski definition) is 3. The number of rotatable bonds is 4. The first-order valence-electron chi connectivity index (χ1n) is 9.70. The van der Waals surface area contributed by atoms with Crippen LogP contribution in [0.5, 0.6) is 0 Å². The second kappa shape index (κ2) is 8.96. The Morgan fingerprint density at radius 1 is 1.06 bits per heavy atom. The minimum Gasteiger partial charge on any atom is -0.318 e. The lowest BCUT2D eigenvalue weighted by Crippen LogP contribution is -2.27. The van der Waals surface area contributed by atoms with E-state index in [1.807, 2.05) is 37.3 Å². The van der Waals surface area contributed by atoms with Crippen LogP contribution in [0.4, 0.5) is 4.79 Å². The predicted octanol–water partition coefficient (Wildman–Crippen LogP) is 7.01. The van der Waals surface area contributed by atoms with Crippen LogP contribution < -0.4 is 0 Å². The van der Waals surface area contributed by atoms with E-state index in [-0.39, 0.29) is 17.7 Å². The number of aromatic nitrogens is 1. The molecule has 3 aromatic rings. The average molecular weight is 607 g/mol. The number of nitrogens with zero attached hydrogens (tertiary/aromatic N) is 2. The zero-order valence-corrected chi connectivity index (χ0v) is 21.8. The van der Waals surface area contributed by atoms with E-state index in [2.05, 4.69) is 81.2 Å². The van der Waals surface area contributed by atoms with Crippen LogP contribution >= 0.6 is 50.3 Å². The smallest absolute Gasteiger partial charge is 0.293 e. The summed E-state index contributed by atoms with van der Waals surface area (Å²) in [6.45, 7) is 6.44. The summed E-state index contributed by atoms with van der Waals surface area (Å²) in [5, 5.41) is -0.242. The Balaban J connectivity index is 1.65. The zero-order valence-electron chi connectivity index (χ0n) is 17.3. The minimum absolute atomic E-state index is 0.242. The molecule has 0 unspecified atom stereocenters. The Bertz CT molecular complexity index is 1250. The lowest BCUT2D eigenvalue weighted by atomic mass is 10.2. The van der Waals surface area contributed by atoms with Gasteiger partial charge in [0.15, 0.2) is 0 Å². The van der Waals surface area contributed by atoms with Gasteiger partial charge in [-0.25, -0.2) is 0 Å². The highest BCUT2D eigenvalue weighted by atomic mass is 127. The van der Waals surface area contributed by atoms with E-state index in [1.54, 1.807) is 0 Å². The normalized spacial score (nSPS) is 15.4. The summed E-state index contributed by atoms with van der Waals surface area (Å²) in [7, 11) is 0. The van der Waals surface area contributed by atoms with Gasteiger partial charge in [-0.3, -0.25) is 14.5 Å². The van der Waals surface area contributed by atoms with Gasteiger partial charge in [0.05, 0.1) is 11.4 Å². The molecule has 0 spiro atoms. The maximum atomic E-state index is 13.0. The molecule has 31 heavy (non-hydrogen) atoms. The van der Waals surface area contributed by atoms with Gasteiger partial charge >= 0.3 is 0 Å². The third kappa shape index (κ3) is 4.40. The van der Waals surface area contributed by atoms with Crippen LogP contribution in [0.1, 0.15) is 28.1 Å². The van der Waals surface area contributed by atoms with Crippen LogP contribution in [0.15, 0.2) is 57.9 Å². The van der Waals surface area contributed by atoms with Crippen molar-refractivity contribution in [3.8, 4) is 5.69 Å². The first-order valence-corrected chi connectivity index (χ1v) is 12.4. The maximum Gasteiger partial charge on any atom is 0.293 e.